The number of hydrogen-bond donors (Lipinski definition) is 2. The van der Waals surface area contributed by atoms with Gasteiger partial charge in [0.05, 0.1) is 11.3 Å². The molecule has 2 N–H and O–H groups in total. The molecule has 42 heavy (non-hydrogen) atoms. The number of H-pyrrole nitrogens is 1. The van der Waals surface area contributed by atoms with Gasteiger partial charge in [-0.15, -0.1) is 0 Å². The molecule has 0 radical (unpaired) electrons. The van der Waals surface area contributed by atoms with E-state index in [1.807, 2.05) is 56.3 Å². The lowest BCUT2D eigenvalue weighted by Gasteiger charge is -2.36. The molecule has 4 aromatic carbocycles. The largest absolute Gasteiger partial charge is 0.356 e. The number of carbonyl (C=O) groups is 3. The predicted molar refractivity (Wildman–Crippen MR) is 159 cm³/mol. The summed E-state index contributed by atoms with van der Waals surface area (Å²) in [7, 11) is 0. The number of amides is 4. The third-order valence-corrected chi connectivity index (χ3v) is 8.39. The minimum absolute atomic E-state index is 0.208. The van der Waals surface area contributed by atoms with Gasteiger partial charge in [0.25, 0.3) is 11.8 Å². The van der Waals surface area contributed by atoms with Gasteiger partial charge in [0.1, 0.15) is 17.9 Å². The SMILES string of the molecule is Cc1ccc(NC(=O)c2ccccc2N2C(=O)[C@@H]3Cc4c([nH]c5ccccc45)[C@@H](c4ccc(F)cc4)N3C2=O)cc1C. The third kappa shape index (κ3) is 3.98. The number of aromatic nitrogens is 1. The number of para-hydroxylation sites is 2. The van der Waals surface area contributed by atoms with Crippen molar-refractivity contribution in [1.29, 1.82) is 0 Å². The first-order valence-corrected chi connectivity index (χ1v) is 13.8. The second kappa shape index (κ2) is 9.69. The molecular formula is C34H27FN4O3. The van der Waals surface area contributed by atoms with Crippen LogP contribution in [0.2, 0.25) is 0 Å². The number of anilines is 2. The van der Waals surface area contributed by atoms with Gasteiger partial charge >= 0.3 is 6.03 Å². The van der Waals surface area contributed by atoms with Crippen molar-refractivity contribution in [2.75, 3.05) is 10.2 Å². The highest BCUT2D eigenvalue weighted by atomic mass is 19.1. The van der Waals surface area contributed by atoms with E-state index in [4.69, 9.17) is 0 Å². The molecule has 2 aliphatic rings. The molecule has 0 saturated carbocycles. The molecule has 208 valence electrons. The van der Waals surface area contributed by atoms with Gasteiger partial charge in [0, 0.05) is 28.7 Å². The number of nitrogens with one attached hydrogen (secondary N) is 2. The van der Waals surface area contributed by atoms with Crippen molar-refractivity contribution in [3.05, 3.63) is 130 Å². The van der Waals surface area contributed by atoms with E-state index >= 15 is 0 Å². The van der Waals surface area contributed by atoms with Crippen LogP contribution in [0, 0.1) is 19.7 Å². The molecule has 2 atom stereocenters. The number of imide groups is 1. The maximum absolute atomic E-state index is 14.3. The topological polar surface area (TPSA) is 85.5 Å². The summed E-state index contributed by atoms with van der Waals surface area (Å²) in [5.41, 5.74) is 6.51. The van der Waals surface area contributed by atoms with Crippen LogP contribution in [0.4, 0.5) is 20.6 Å². The van der Waals surface area contributed by atoms with Gasteiger partial charge in [-0.3, -0.25) is 14.5 Å². The first-order valence-electron chi connectivity index (χ1n) is 13.8. The molecule has 7 rings (SSSR count). The minimum Gasteiger partial charge on any atom is -0.356 e. The zero-order valence-corrected chi connectivity index (χ0v) is 23.0. The van der Waals surface area contributed by atoms with E-state index in [2.05, 4.69) is 10.3 Å². The van der Waals surface area contributed by atoms with Crippen LogP contribution in [0.5, 0.6) is 0 Å². The van der Waals surface area contributed by atoms with Crippen LogP contribution < -0.4 is 10.2 Å². The molecule has 8 heteroatoms. The molecule has 0 aliphatic carbocycles. The second-order valence-corrected chi connectivity index (χ2v) is 10.9. The Morgan fingerprint density at radius 3 is 2.43 bits per heavy atom. The maximum Gasteiger partial charge on any atom is 0.332 e. The number of hydrogen-bond acceptors (Lipinski definition) is 3. The fraction of sp³-hybridized carbons (Fsp3) is 0.147. The highest BCUT2D eigenvalue weighted by molar-refractivity contribution is 6.24. The van der Waals surface area contributed by atoms with E-state index in [0.29, 0.717) is 17.7 Å². The summed E-state index contributed by atoms with van der Waals surface area (Å²) >= 11 is 0. The molecule has 4 amide bonds. The average molecular weight is 559 g/mol. The Hall–Kier alpha value is -5.24. The Bertz CT molecular complexity index is 1910. The molecule has 2 aliphatic heterocycles. The van der Waals surface area contributed by atoms with E-state index in [1.54, 1.807) is 41.3 Å². The van der Waals surface area contributed by atoms with Crippen LogP contribution in [-0.4, -0.2) is 33.8 Å². The van der Waals surface area contributed by atoms with Crippen LogP contribution in [0.1, 0.15) is 44.3 Å². The lowest BCUT2D eigenvalue weighted by atomic mass is 9.89. The standard InChI is InChI=1S/C34H27FN4O3/c1-19-11-16-23(17-20(19)2)36-32(40)25-8-4-6-10-28(25)39-33(41)29-18-26-24-7-3-5-9-27(24)37-30(26)31(38(29)34(39)42)21-12-14-22(35)15-13-21/h3-17,29,31,37H,18H2,1-2H3,(H,36,40)/t29-,31+/m0/s1. The predicted octanol–water partition coefficient (Wildman–Crippen LogP) is 6.66. The molecule has 0 unspecified atom stereocenters. The number of benzene rings is 4. The highest BCUT2D eigenvalue weighted by Gasteiger charge is 2.53. The normalized spacial score (nSPS) is 17.9. The van der Waals surface area contributed by atoms with E-state index in [1.165, 1.54) is 12.1 Å². The van der Waals surface area contributed by atoms with Crippen molar-refractivity contribution in [2.24, 2.45) is 0 Å². The van der Waals surface area contributed by atoms with Crippen LogP contribution in [-0.2, 0) is 11.2 Å². The summed E-state index contributed by atoms with van der Waals surface area (Å²) in [5, 5.41) is 3.89. The van der Waals surface area contributed by atoms with Gasteiger partial charge < -0.3 is 10.3 Å². The Labute approximate surface area is 241 Å². The number of fused-ring (bicyclic) bond motifs is 4. The monoisotopic (exact) mass is 558 g/mol. The molecule has 7 nitrogen and oxygen atoms in total. The Morgan fingerprint density at radius 1 is 0.905 bits per heavy atom. The van der Waals surface area contributed by atoms with Crippen molar-refractivity contribution in [1.82, 2.24) is 9.88 Å². The van der Waals surface area contributed by atoms with Gasteiger partial charge in [-0.05, 0) is 78.6 Å². The molecule has 1 aromatic heterocycles. The van der Waals surface area contributed by atoms with E-state index in [9.17, 15) is 18.8 Å². The molecule has 0 bridgehead atoms. The van der Waals surface area contributed by atoms with Gasteiger partial charge in [0.15, 0.2) is 0 Å². The number of halogens is 1. The van der Waals surface area contributed by atoms with Crippen molar-refractivity contribution < 1.29 is 18.8 Å². The van der Waals surface area contributed by atoms with Crippen molar-refractivity contribution in [2.45, 2.75) is 32.4 Å². The van der Waals surface area contributed by atoms with Crippen LogP contribution in [0.25, 0.3) is 10.9 Å². The van der Waals surface area contributed by atoms with Crippen LogP contribution in [0.3, 0.4) is 0 Å². The average Bonchev–Trinajstić information content (AvgIpc) is 3.48. The zero-order valence-electron chi connectivity index (χ0n) is 23.0. The summed E-state index contributed by atoms with van der Waals surface area (Å²) in [6.45, 7) is 3.96. The Morgan fingerprint density at radius 2 is 1.64 bits per heavy atom. The third-order valence-electron chi connectivity index (χ3n) is 8.39. The first-order chi connectivity index (χ1) is 20.3. The number of carbonyl (C=O) groups excluding carboxylic acids is 3. The van der Waals surface area contributed by atoms with Crippen molar-refractivity contribution in [3.8, 4) is 0 Å². The number of nitrogens with zero attached hydrogens (tertiary/aromatic N) is 2. The lowest BCUT2D eigenvalue weighted by Crippen LogP contribution is -2.44. The smallest absolute Gasteiger partial charge is 0.332 e. The van der Waals surface area contributed by atoms with Crippen molar-refractivity contribution in [3.63, 3.8) is 0 Å². The molecule has 1 fully saturated rings. The molecule has 5 aromatic rings. The zero-order chi connectivity index (χ0) is 29.1. The van der Waals surface area contributed by atoms with E-state index < -0.39 is 35.7 Å². The van der Waals surface area contributed by atoms with E-state index in [0.717, 1.165) is 38.2 Å². The van der Waals surface area contributed by atoms with Gasteiger partial charge in [-0.25, -0.2) is 14.1 Å². The lowest BCUT2D eigenvalue weighted by molar-refractivity contribution is -0.120. The summed E-state index contributed by atoms with van der Waals surface area (Å²) < 4.78 is 13.9. The summed E-state index contributed by atoms with van der Waals surface area (Å²) in [6, 6.07) is 24.1. The summed E-state index contributed by atoms with van der Waals surface area (Å²) in [4.78, 5) is 48.0. The number of rotatable bonds is 4. The fourth-order valence-corrected chi connectivity index (χ4v) is 6.17. The van der Waals surface area contributed by atoms with Crippen molar-refractivity contribution >= 4 is 40.1 Å². The molecular weight excluding hydrogens is 531 g/mol. The number of aryl methyl sites for hydroxylation is 2. The Balaban J connectivity index is 1.31. The van der Waals surface area contributed by atoms with Gasteiger partial charge in [-0.2, -0.15) is 0 Å². The Kier molecular flexibility index (Phi) is 5.93. The second-order valence-electron chi connectivity index (χ2n) is 10.9. The highest BCUT2D eigenvalue weighted by Crippen LogP contribution is 2.45. The number of urea groups is 1. The summed E-state index contributed by atoms with van der Waals surface area (Å²) in [5.74, 6) is -1.22. The quantitative estimate of drug-likeness (QED) is 0.242. The van der Waals surface area contributed by atoms with Gasteiger partial charge in [-0.1, -0.05) is 48.5 Å². The minimum atomic E-state index is -0.796. The van der Waals surface area contributed by atoms with Crippen LogP contribution in [0.15, 0.2) is 91.0 Å². The molecule has 3 heterocycles. The number of aromatic amines is 1. The van der Waals surface area contributed by atoms with Gasteiger partial charge in [0.2, 0.25) is 0 Å². The van der Waals surface area contributed by atoms with E-state index in [-0.39, 0.29) is 11.3 Å². The molecule has 0 spiro atoms. The molecule has 1 saturated heterocycles. The van der Waals surface area contributed by atoms with Crippen LogP contribution >= 0.6 is 0 Å². The fourth-order valence-electron chi connectivity index (χ4n) is 6.17. The maximum atomic E-state index is 14.3. The summed E-state index contributed by atoms with van der Waals surface area (Å²) in [6.07, 6.45) is 0.315. The first kappa shape index (κ1) is 25.7.